The molecule has 2 aliphatic rings. The van der Waals surface area contributed by atoms with Crippen molar-refractivity contribution in [3.05, 3.63) is 64.7 Å². The van der Waals surface area contributed by atoms with Crippen molar-refractivity contribution < 1.29 is 18.7 Å². The van der Waals surface area contributed by atoms with E-state index in [1.54, 1.807) is 12.1 Å². The predicted molar refractivity (Wildman–Crippen MR) is 127 cm³/mol. The van der Waals surface area contributed by atoms with Crippen molar-refractivity contribution in [1.82, 2.24) is 25.4 Å². The summed E-state index contributed by atoms with van der Waals surface area (Å²) in [5, 5.41) is 10.5. The number of carbonyl (C=O) groups excluding carboxylic acids is 2. The standard InChI is InChI=1S/C25H25ClFN5O3/c1-35-23-10-19(20(27)13-28-23)21-11-22(31-30-21)25(34)32-17-5-6-18(32)9-15(8-17)24(33)29-12-14-3-2-4-16(26)7-14/h2-4,7,10-11,13,15,17-18H,5-6,8-9,12H2,1H3,(H,29,33)(H,30,31). The number of pyridine rings is 1. The van der Waals surface area contributed by atoms with Crippen molar-refractivity contribution >= 4 is 23.4 Å². The van der Waals surface area contributed by atoms with Crippen LogP contribution in [0.2, 0.25) is 5.02 Å². The quantitative estimate of drug-likeness (QED) is 0.536. The summed E-state index contributed by atoms with van der Waals surface area (Å²) in [6.07, 6.45) is 3.99. The molecule has 3 aromatic rings. The molecule has 2 unspecified atom stereocenters. The maximum atomic E-state index is 14.3. The fourth-order valence-electron chi connectivity index (χ4n) is 5.14. The van der Waals surface area contributed by atoms with Crippen LogP contribution in [0.25, 0.3) is 11.3 Å². The minimum atomic E-state index is -0.555. The molecule has 2 atom stereocenters. The highest BCUT2D eigenvalue weighted by Gasteiger charge is 2.45. The molecule has 5 rings (SSSR count). The van der Waals surface area contributed by atoms with Crippen LogP contribution >= 0.6 is 11.6 Å². The number of halogens is 2. The Kier molecular flexibility index (Phi) is 6.42. The van der Waals surface area contributed by atoms with Gasteiger partial charge in [-0.25, -0.2) is 9.37 Å². The van der Waals surface area contributed by atoms with E-state index in [-0.39, 0.29) is 47.0 Å². The second-order valence-corrected chi connectivity index (χ2v) is 9.42. The second kappa shape index (κ2) is 9.65. The first-order valence-corrected chi connectivity index (χ1v) is 11.9. The first kappa shape index (κ1) is 23.3. The molecule has 4 heterocycles. The Balaban J connectivity index is 1.25. The van der Waals surface area contributed by atoms with Gasteiger partial charge in [-0.3, -0.25) is 14.7 Å². The largest absolute Gasteiger partial charge is 0.481 e. The molecule has 0 spiro atoms. The van der Waals surface area contributed by atoms with Gasteiger partial charge < -0.3 is 15.0 Å². The van der Waals surface area contributed by atoms with Crippen molar-refractivity contribution in [2.75, 3.05) is 7.11 Å². The number of benzene rings is 1. The highest BCUT2D eigenvalue weighted by atomic mass is 35.5. The lowest BCUT2D eigenvalue weighted by molar-refractivity contribution is -0.127. The maximum Gasteiger partial charge on any atom is 0.272 e. The molecule has 182 valence electrons. The van der Waals surface area contributed by atoms with E-state index in [4.69, 9.17) is 16.3 Å². The Hall–Kier alpha value is -3.46. The fraction of sp³-hybridized carbons (Fsp3) is 0.360. The number of hydrogen-bond acceptors (Lipinski definition) is 5. The monoisotopic (exact) mass is 497 g/mol. The Morgan fingerprint density at radius 2 is 2.00 bits per heavy atom. The third-order valence-electron chi connectivity index (χ3n) is 6.82. The topological polar surface area (TPSA) is 100 Å². The third-order valence-corrected chi connectivity index (χ3v) is 7.05. The van der Waals surface area contributed by atoms with Gasteiger partial charge in [-0.1, -0.05) is 23.7 Å². The molecule has 35 heavy (non-hydrogen) atoms. The van der Waals surface area contributed by atoms with Crippen LogP contribution in [0.1, 0.15) is 41.7 Å². The Morgan fingerprint density at radius 1 is 1.23 bits per heavy atom. The summed E-state index contributed by atoms with van der Waals surface area (Å²) in [5.74, 6) is -0.631. The van der Waals surface area contributed by atoms with Crippen LogP contribution in [0.15, 0.2) is 42.6 Å². The lowest BCUT2D eigenvalue weighted by Crippen LogP contribution is -2.49. The number of aromatic nitrogens is 3. The van der Waals surface area contributed by atoms with Gasteiger partial charge in [0.15, 0.2) is 5.82 Å². The molecule has 0 radical (unpaired) electrons. The lowest BCUT2D eigenvalue weighted by atomic mass is 9.89. The zero-order valence-electron chi connectivity index (χ0n) is 19.1. The number of H-pyrrole nitrogens is 1. The van der Waals surface area contributed by atoms with Crippen LogP contribution < -0.4 is 10.1 Å². The van der Waals surface area contributed by atoms with E-state index < -0.39 is 5.82 Å². The van der Waals surface area contributed by atoms with E-state index in [1.165, 1.54) is 13.2 Å². The minimum absolute atomic E-state index is 0.0000828. The van der Waals surface area contributed by atoms with Crippen molar-refractivity contribution in [2.45, 2.75) is 44.3 Å². The first-order chi connectivity index (χ1) is 16.9. The van der Waals surface area contributed by atoms with Crippen molar-refractivity contribution in [3.8, 4) is 17.1 Å². The molecule has 0 aliphatic carbocycles. The first-order valence-electron chi connectivity index (χ1n) is 11.5. The SMILES string of the molecule is COc1cc(-c2cc(C(=O)N3C4CCC3CC(C(=O)NCc3cccc(Cl)c3)C4)[nH]n2)c(F)cn1. The Bertz CT molecular complexity index is 1250. The molecule has 2 aliphatic heterocycles. The highest BCUT2D eigenvalue weighted by molar-refractivity contribution is 6.30. The van der Waals surface area contributed by atoms with Crippen LogP contribution in [0, 0.1) is 11.7 Å². The molecule has 2 fully saturated rings. The predicted octanol–water partition coefficient (Wildman–Crippen LogP) is 3.97. The van der Waals surface area contributed by atoms with Gasteiger partial charge in [0, 0.05) is 41.2 Å². The number of methoxy groups -OCH3 is 1. The zero-order valence-corrected chi connectivity index (χ0v) is 19.9. The number of nitrogens with zero attached hydrogens (tertiary/aromatic N) is 3. The molecular weight excluding hydrogens is 473 g/mol. The van der Waals surface area contributed by atoms with Gasteiger partial charge in [0.05, 0.1) is 19.0 Å². The van der Waals surface area contributed by atoms with E-state index in [9.17, 15) is 14.0 Å². The fourth-order valence-corrected chi connectivity index (χ4v) is 5.35. The average molecular weight is 498 g/mol. The van der Waals surface area contributed by atoms with Crippen LogP contribution in [0.5, 0.6) is 5.88 Å². The number of amides is 2. The van der Waals surface area contributed by atoms with E-state index in [0.29, 0.717) is 30.1 Å². The zero-order chi connectivity index (χ0) is 24.5. The van der Waals surface area contributed by atoms with Gasteiger partial charge in [0.1, 0.15) is 5.69 Å². The summed E-state index contributed by atoms with van der Waals surface area (Å²) in [7, 11) is 1.44. The summed E-state index contributed by atoms with van der Waals surface area (Å²) in [5.41, 5.74) is 1.73. The third kappa shape index (κ3) is 4.73. The number of fused-ring (bicyclic) bond motifs is 2. The number of aromatic amines is 1. The molecule has 2 saturated heterocycles. The molecule has 2 aromatic heterocycles. The lowest BCUT2D eigenvalue weighted by Gasteiger charge is -2.38. The van der Waals surface area contributed by atoms with E-state index in [0.717, 1.165) is 24.6 Å². The van der Waals surface area contributed by atoms with Crippen molar-refractivity contribution in [1.29, 1.82) is 0 Å². The van der Waals surface area contributed by atoms with Gasteiger partial charge in [-0.2, -0.15) is 5.10 Å². The molecule has 2 amide bonds. The Morgan fingerprint density at radius 3 is 2.71 bits per heavy atom. The molecule has 2 bridgehead atoms. The average Bonchev–Trinajstić information content (AvgIpc) is 3.45. The van der Waals surface area contributed by atoms with Crippen LogP contribution in [-0.4, -0.2) is 51.1 Å². The molecule has 8 nitrogen and oxygen atoms in total. The number of hydrogen-bond donors (Lipinski definition) is 2. The smallest absolute Gasteiger partial charge is 0.272 e. The number of piperidine rings is 1. The minimum Gasteiger partial charge on any atom is -0.481 e. The summed E-state index contributed by atoms with van der Waals surface area (Å²) in [4.78, 5) is 31.9. The van der Waals surface area contributed by atoms with Gasteiger partial charge in [-0.05, 0) is 49.4 Å². The maximum absolute atomic E-state index is 14.3. The van der Waals surface area contributed by atoms with Crippen LogP contribution in [0.3, 0.4) is 0 Å². The molecular formula is C25H25ClFN5O3. The highest BCUT2D eigenvalue weighted by Crippen LogP contribution is 2.40. The number of carbonyl (C=O) groups is 2. The van der Waals surface area contributed by atoms with E-state index >= 15 is 0 Å². The summed E-state index contributed by atoms with van der Waals surface area (Å²) in [6.45, 7) is 0.418. The van der Waals surface area contributed by atoms with Gasteiger partial charge >= 0.3 is 0 Å². The van der Waals surface area contributed by atoms with Gasteiger partial charge in [-0.15, -0.1) is 0 Å². The second-order valence-electron chi connectivity index (χ2n) is 8.99. The Labute approximate surface area is 206 Å². The van der Waals surface area contributed by atoms with Gasteiger partial charge in [0.25, 0.3) is 5.91 Å². The summed E-state index contributed by atoms with van der Waals surface area (Å²) < 4.78 is 19.4. The van der Waals surface area contributed by atoms with Crippen LogP contribution in [-0.2, 0) is 11.3 Å². The van der Waals surface area contributed by atoms with Gasteiger partial charge in [0.2, 0.25) is 11.8 Å². The van der Waals surface area contributed by atoms with Crippen molar-refractivity contribution in [2.24, 2.45) is 5.92 Å². The normalized spacial score (nSPS) is 21.1. The number of rotatable bonds is 6. The van der Waals surface area contributed by atoms with Crippen molar-refractivity contribution in [3.63, 3.8) is 0 Å². The molecule has 0 saturated carbocycles. The molecule has 1 aromatic carbocycles. The summed E-state index contributed by atoms with van der Waals surface area (Å²) in [6, 6.07) is 10.3. The van der Waals surface area contributed by atoms with E-state index in [2.05, 4.69) is 20.5 Å². The molecule has 2 N–H and O–H groups in total. The summed E-state index contributed by atoms with van der Waals surface area (Å²) >= 11 is 6.03. The number of nitrogens with one attached hydrogen (secondary N) is 2. The van der Waals surface area contributed by atoms with E-state index in [1.807, 2.05) is 23.1 Å². The molecule has 10 heteroatoms. The van der Waals surface area contributed by atoms with Crippen LogP contribution in [0.4, 0.5) is 4.39 Å². The number of ether oxygens (including phenoxy) is 1.